The van der Waals surface area contributed by atoms with E-state index in [1.807, 2.05) is 0 Å². The lowest BCUT2D eigenvalue weighted by molar-refractivity contribution is 0.898. The quantitative estimate of drug-likeness (QED) is 0.552. The maximum absolute atomic E-state index is 7.18. The highest BCUT2D eigenvalue weighted by Crippen LogP contribution is 2.26. The van der Waals surface area contributed by atoms with Crippen LogP contribution in [-0.4, -0.2) is 7.38 Å². The van der Waals surface area contributed by atoms with E-state index >= 15 is 0 Å². The molecular weight excluding hydrogens is 256 g/mol. The molecule has 0 aliphatic carbocycles. The van der Waals surface area contributed by atoms with Crippen LogP contribution in [0.25, 0.3) is 0 Å². The van der Waals surface area contributed by atoms with Crippen LogP contribution in [0.15, 0.2) is 48.5 Å². The van der Waals surface area contributed by atoms with Crippen molar-refractivity contribution in [3.63, 3.8) is 0 Å². The number of fused-ring (bicyclic) bond motifs is 1. The van der Waals surface area contributed by atoms with Crippen molar-refractivity contribution in [2.45, 2.75) is 25.8 Å². The van der Waals surface area contributed by atoms with Gasteiger partial charge in [-0.25, -0.2) is 0 Å². The first-order chi connectivity index (χ1) is 8.72. The maximum Gasteiger partial charge on any atom is 0.217 e. The van der Waals surface area contributed by atoms with Gasteiger partial charge in [0, 0.05) is 0 Å². The molecule has 0 saturated heterocycles. The molecule has 0 N–H and O–H groups in total. The fourth-order valence-electron chi connectivity index (χ4n) is 3.08. The lowest BCUT2D eigenvalue weighted by Gasteiger charge is -2.33. The van der Waals surface area contributed by atoms with Gasteiger partial charge in [0.25, 0.3) is 0 Å². The number of hydrogen-bond donors (Lipinski definition) is 0. The Morgan fingerprint density at radius 1 is 0.944 bits per heavy atom. The molecule has 1 heterocycles. The summed E-state index contributed by atoms with van der Waals surface area (Å²) in [4.78, 5) is 0. The number of benzene rings is 2. The molecule has 0 radical (unpaired) electrons. The van der Waals surface area contributed by atoms with E-state index < -0.39 is 7.38 Å². The van der Waals surface area contributed by atoms with E-state index in [-0.39, 0.29) is 0 Å². The Balaban J connectivity index is 2.20. The van der Waals surface area contributed by atoms with E-state index in [1.54, 1.807) is 0 Å². The zero-order valence-corrected chi connectivity index (χ0v) is 12.4. The molecule has 3 rings (SSSR count). The lowest BCUT2D eigenvalue weighted by atomic mass is 10.1. The van der Waals surface area contributed by atoms with E-state index in [1.165, 1.54) is 34.3 Å². The van der Waals surface area contributed by atoms with Gasteiger partial charge < -0.3 is 0 Å². The summed E-state index contributed by atoms with van der Waals surface area (Å²) in [7, 11) is -2.01. The highest BCUT2D eigenvalue weighted by molar-refractivity contribution is 7.34. The SMILES string of the molecule is Cc1ccccc1[Si@]1(Cl)CCCc2ccccc21. The van der Waals surface area contributed by atoms with Crippen molar-refractivity contribution in [3.8, 4) is 0 Å². The molecule has 2 aromatic rings. The second kappa shape index (κ2) is 4.56. The Labute approximate surface area is 114 Å². The van der Waals surface area contributed by atoms with Gasteiger partial charge in [0.1, 0.15) is 0 Å². The smallest absolute Gasteiger partial charge is 0.155 e. The third-order valence-corrected chi connectivity index (χ3v) is 9.57. The molecule has 0 nitrogen and oxygen atoms in total. The van der Waals surface area contributed by atoms with Gasteiger partial charge in [0.2, 0.25) is 7.38 Å². The number of rotatable bonds is 1. The summed E-state index contributed by atoms with van der Waals surface area (Å²) in [6.45, 7) is 2.18. The normalized spacial score (nSPS) is 22.6. The van der Waals surface area contributed by atoms with Crippen molar-refractivity contribution >= 4 is 28.8 Å². The summed E-state index contributed by atoms with van der Waals surface area (Å²) in [5.41, 5.74) is 2.81. The van der Waals surface area contributed by atoms with E-state index in [4.69, 9.17) is 11.1 Å². The average molecular weight is 273 g/mol. The molecule has 0 unspecified atom stereocenters. The Morgan fingerprint density at radius 3 is 2.39 bits per heavy atom. The zero-order valence-electron chi connectivity index (χ0n) is 10.6. The van der Waals surface area contributed by atoms with E-state index in [0.29, 0.717) is 0 Å². The van der Waals surface area contributed by atoms with Crippen LogP contribution in [-0.2, 0) is 6.42 Å². The van der Waals surface area contributed by atoms with Crippen LogP contribution in [0.2, 0.25) is 6.04 Å². The molecule has 1 atom stereocenters. The molecule has 1 aliphatic heterocycles. The lowest BCUT2D eigenvalue weighted by Crippen LogP contribution is -2.57. The van der Waals surface area contributed by atoms with Gasteiger partial charge in [-0.1, -0.05) is 54.1 Å². The third kappa shape index (κ3) is 1.82. The number of halogens is 1. The highest BCUT2D eigenvalue weighted by atomic mass is 35.6. The molecule has 0 aromatic heterocycles. The van der Waals surface area contributed by atoms with Crippen molar-refractivity contribution in [1.29, 1.82) is 0 Å². The minimum atomic E-state index is -2.01. The van der Waals surface area contributed by atoms with Crippen molar-refractivity contribution in [3.05, 3.63) is 59.7 Å². The molecular formula is C16H17ClSi. The summed E-state index contributed by atoms with van der Waals surface area (Å²) in [6.07, 6.45) is 2.41. The predicted octanol–water partition coefficient (Wildman–Crippen LogP) is 3.24. The van der Waals surface area contributed by atoms with Gasteiger partial charge in [-0.05, 0) is 41.7 Å². The predicted molar refractivity (Wildman–Crippen MR) is 81.6 cm³/mol. The van der Waals surface area contributed by atoms with Crippen molar-refractivity contribution < 1.29 is 0 Å². The molecule has 0 fully saturated rings. The van der Waals surface area contributed by atoms with Gasteiger partial charge in [0.15, 0.2) is 0 Å². The Bertz CT molecular complexity index is 579. The van der Waals surface area contributed by atoms with Crippen molar-refractivity contribution in [2.24, 2.45) is 0 Å². The van der Waals surface area contributed by atoms with Crippen LogP contribution in [0.3, 0.4) is 0 Å². The first-order valence-corrected chi connectivity index (χ1v) is 9.77. The fourth-order valence-corrected chi connectivity index (χ4v) is 8.31. The largest absolute Gasteiger partial charge is 0.217 e. The van der Waals surface area contributed by atoms with Crippen LogP contribution >= 0.6 is 11.1 Å². The molecule has 0 bridgehead atoms. The maximum atomic E-state index is 7.18. The standard InChI is InChI=1S/C16H17ClSi/c1-13-7-2-4-10-15(13)18(17)12-6-9-14-8-3-5-11-16(14)18/h2-5,7-8,10-11H,6,9,12H2,1H3/t18-/m1/s1. The molecule has 0 spiro atoms. The topological polar surface area (TPSA) is 0 Å². The minimum Gasteiger partial charge on any atom is -0.155 e. The summed E-state index contributed by atoms with van der Waals surface area (Å²) < 4.78 is 0. The van der Waals surface area contributed by atoms with Crippen molar-refractivity contribution in [1.82, 2.24) is 0 Å². The van der Waals surface area contributed by atoms with E-state index in [0.717, 1.165) is 6.04 Å². The minimum absolute atomic E-state index is 1.16. The first-order valence-electron chi connectivity index (χ1n) is 6.55. The van der Waals surface area contributed by atoms with Gasteiger partial charge >= 0.3 is 0 Å². The number of aryl methyl sites for hydroxylation is 2. The van der Waals surface area contributed by atoms with Crippen molar-refractivity contribution in [2.75, 3.05) is 0 Å². The molecule has 18 heavy (non-hydrogen) atoms. The van der Waals surface area contributed by atoms with Gasteiger partial charge in [-0.2, -0.15) is 11.1 Å². The number of hydrogen-bond acceptors (Lipinski definition) is 0. The molecule has 2 aromatic carbocycles. The van der Waals surface area contributed by atoms with E-state index in [9.17, 15) is 0 Å². The second-order valence-corrected chi connectivity index (χ2v) is 10.2. The molecule has 1 aliphatic rings. The zero-order chi connectivity index (χ0) is 12.6. The summed E-state index contributed by atoms with van der Waals surface area (Å²) >= 11 is 7.18. The third-order valence-electron chi connectivity index (χ3n) is 3.98. The van der Waals surface area contributed by atoms with Gasteiger partial charge in [-0.15, -0.1) is 0 Å². The van der Waals surface area contributed by atoms with Crippen LogP contribution < -0.4 is 10.4 Å². The fraction of sp³-hybridized carbons (Fsp3) is 0.250. The molecule has 2 heteroatoms. The van der Waals surface area contributed by atoms with Gasteiger partial charge in [-0.3, -0.25) is 0 Å². The average Bonchev–Trinajstić information content (AvgIpc) is 2.40. The molecule has 0 saturated carbocycles. The Morgan fingerprint density at radius 2 is 1.61 bits per heavy atom. The molecule has 92 valence electrons. The summed E-state index contributed by atoms with van der Waals surface area (Å²) in [6, 6.07) is 18.6. The van der Waals surface area contributed by atoms with Crippen LogP contribution in [0.5, 0.6) is 0 Å². The first kappa shape index (κ1) is 12.0. The molecule has 0 amide bonds. The van der Waals surface area contributed by atoms with Crippen LogP contribution in [0, 0.1) is 6.92 Å². The van der Waals surface area contributed by atoms with Crippen LogP contribution in [0.4, 0.5) is 0 Å². The Hall–Kier alpha value is -1.05. The highest BCUT2D eigenvalue weighted by Gasteiger charge is 2.39. The monoisotopic (exact) mass is 272 g/mol. The second-order valence-electron chi connectivity index (χ2n) is 5.13. The van der Waals surface area contributed by atoms with Gasteiger partial charge in [0.05, 0.1) is 0 Å². The van der Waals surface area contributed by atoms with E-state index in [2.05, 4.69) is 55.5 Å². The summed E-state index contributed by atoms with van der Waals surface area (Å²) in [5.74, 6) is 0. The summed E-state index contributed by atoms with van der Waals surface area (Å²) in [5, 5.41) is 2.84. The van der Waals surface area contributed by atoms with Crippen LogP contribution in [0.1, 0.15) is 17.5 Å². The Kier molecular flexibility index (Phi) is 3.04.